The first-order valence-corrected chi connectivity index (χ1v) is 6.76. The second-order valence-corrected chi connectivity index (χ2v) is 5.39. The Morgan fingerprint density at radius 2 is 2.24 bits per heavy atom. The van der Waals surface area contributed by atoms with Gasteiger partial charge in [0.2, 0.25) is 0 Å². The molecule has 1 fully saturated rings. The molecule has 5 nitrogen and oxygen atoms in total. The summed E-state index contributed by atoms with van der Waals surface area (Å²) in [6.45, 7) is 4.22. The van der Waals surface area contributed by atoms with Crippen LogP contribution in [0.5, 0.6) is 0 Å². The van der Waals surface area contributed by atoms with E-state index in [1.807, 2.05) is 0 Å². The molecule has 0 aromatic carbocycles. The lowest BCUT2D eigenvalue weighted by atomic mass is 10.3. The fourth-order valence-electron chi connectivity index (χ4n) is 1.67. The molecule has 1 saturated carbocycles. The molecular formula is C11H17N3O2S. The zero-order valence-corrected chi connectivity index (χ0v) is 11.2. The number of carbonyl (C=O) groups is 1. The Bertz CT molecular complexity index is 413. The van der Waals surface area contributed by atoms with E-state index in [4.69, 9.17) is 0 Å². The number of aromatic nitrogens is 3. The summed E-state index contributed by atoms with van der Waals surface area (Å²) < 4.78 is 6.75. The summed E-state index contributed by atoms with van der Waals surface area (Å²) in [5.74, 6) is 1.68. The lowest BCUT2D eigenvalue weighted by molar-refractivity contribution is -0.137. The minimum Gasteiger partial charge on any atom is -0.468 e. The minimum atomic E-state index is -0.235. The molecule has 6 heteroatoms. The number of methoxy groups -OCH3 is 1. The highest BCUT2D eigenvalue weighted by atomic mass is 32.2. The topological polar surface area (TPSA) is 57.0 Å². The lowest BCUT2D eigenvalue weighted by Gasteiger charge is -2.12. The monoisotopic (exact) mass is 255 g/mol. The molecule has 0 radical (unpaired) electrons. The van der Waals surface area contributed by atoms with Crippen LogP contribution in [0.2, 0.25) is 0 Å². The molecule has 1 heterocycles. The number of ether oxygens (including phenoxy) is 1. The van der Waals surface area contributed by atoms with Crippen molar-refractivity contribution in [3.63, 3.8) is 0 Å². The molecule has 94 valence electrons. The van der Waals surface area contributed by atoms with Crippen molar-refractivity contribution in [2.75, 3.05) is 12.9 Å². The number of thioether (sulfide) groups is 1. The van der Waals surface area contributed by atoms with E-state index in [1.54, 1.807) is 0 Å². The van der Waals surface area contributed by atoms with E-state index >= 15 is 0 Å². The number of hydrogen-bond acceptors (Lipinski definition) is 5. The van der Waals surface area contributed by atoms with Gasteiger partial charge < -0.3 is 9.30 Å². The standard InChI is InChI=1S/C11H17N3O2S/c1-7(2)14-10(8-4-5-8)12-13-11(14)17-6-9(15)16-3/h7-8H,4-6H2,1-3H3. The van der Waals surface area contributed by atoms with Gasteiger partial charge in [-0.1, -0.05) is 11.8 Å². The first-order valence-electron chi connectivity index (χ1n) is 5.78. The van der Waals surface area contributed by atoms with Crippen molar-refractivity contribution >= 4 is 17.7 Å². The zero-order valence-electron chi connectivity index (χ0n) is 10.3. The third-order valence-electron chi connectivity index (χ3n) is 2.70. The second kappa shape index (κ2) is 5.08. The highest BCUT2D eigenvalue weighted by Crippen LogP contribution is 2.41. The van der Waals surface area contributed by atoms with E-state index in [1.165, 1.54) is 31.7 Å². The average Bonchev–Trinajstić information content (AvgIpc) is 3.06. The fraction of sp³-hybridized carbons (Fsp3) is 0.727. The largest absolute Gasteiger partial charge is 0.468 e. The summed E-state index contributed by atoms with van der Waals surface area (Å²) in [6, 6.07) is 0.320. The van der Waals surface area contributed by atoms with Crippen molar-refractivity contribution in [1.29, 1.82) is 0 Å². The molecule has 1 aliphatic carbocycles. The molecule has 0 unspecified atom stereocenters. The summed E-state index contributed by atoms with van der Waals surface area (Å²) in [4.78, 5) is 11.1. The van der Waals surface area contributed by atoms with Gasteiger partial charge in [-0.05, 0) is 26.7 Å². The highest BCUT2D eigenvalue weighted by molar-refractivity contribution is 7.99. The molecule has 0 N–H and O–H groups in total. The number of rotatable bonds is 5. The molecule has 0 amide bonds. The van der Waals surface area contributed by atoms with Crippen molar-refractivity contribution < 1.29 is 9.53 Å². The van der Waals surface area contributed by atoms with Crippen LogP contribution in [0.25, 0.3) is 0 Å². The van der Waals surface area contributed by atoms with Crippen LogP contribution in [0.1, 0.15) is 44.5 Å². The predicted octanol–water partition coefficient (Wildman–Crippen LogP) is 2.00. The van der Waals surface area contributed by atoms with Crippen molar-refractivity contribution in [1.82, 2.24) is 14.8 Å². The smallest absolute Gasteiger partial charge is 0.316 e. The molecule has 0 atom stereocenters. The van der Waals surface area contributed by atoms with Crippen LogP contribution in [0.15, 0.2) is 5.16 Å². The van der Waals surface area contributed by atoms with Crippen molar-refractivity contribution in [3.8, 4) is 0 Å². The first kappa shape index (κ1) is 12.4. The van der Waals surface area contributed by atoms with Crippen LogP contribution in [-0.2, 0) is 9.53 Å². The van der Waals surface area contributed by atoms with E-state index in [0.717, 1.165) is 11.0 Å². The molecule has 0 aliphatic heterocycles. The molecular weight excluding hydrogens is 238 g/mol. The number of esters is 1. The Balaban J connectivity index is 2.13. The summed E-state index contributed by atoms with van der Waals surface area (Å²) in [5.41, 5.74) is 0. The van der Waals surface area contributed by atoms with Crippen LogP contribution in [-0.4, -0.2) is 33.6 Å². The number of carbonyl (C=O) groups excluding carboxylic acids is 1. The predicted molar refractivity (Wildman–Crippen MR) is 65.1 cm³/mol. The van der Waals surface area contributed by atoms with E-state index in [9.17, 15) is 4.79 Å². The number of nitrogens with zero attached hydrogens (tertiary/aromatic N) is 3. The summed E-state index contributed by atoms with van der Waals surface area (Å²) in [7, 11) is 1.39. The Morgan fingerprint density at radius 3 is 2.76 bits per heavy atom. The van der Waals surface area contributed by atoms with Gasteiger partial charge >= 0.3 is 5.97 Å². The van der Waals surface area contributed by atoms with Gasteiger partial charge in [0.25, 0.3) is 0 Å². The third kappa shape index (κ3) is 2.80. The van der Waals surface area contributed by atoms with Gasteiger partial charge in [0, 0.05) is 12.0 Å². The maximum absolute atomic E-state index is 11.1. The van der Waals surface area contributed by atoms with Crippen molar-refractivity contribution in [2.24, 2.45) is 0 Å². The van der Waals surface area contributed by atoms with E-state index < -0.39 is 0 Å². The van der Waals surface area contributed by atoms with Gasteiger partial charge in [-0.15, -0.1) is 10.2 Å². The van der Waals surface area contributed by atoms with E-state index in [-0.39, 0.29) is 11.7 Å². The van der Waals surface area contributed by atoms with Crippen LogP contribution < -0.4 is 0 Å². The van der Waals surface area contributed by atoms with Gasteiger partial charge in [-0.25, -0.2) is 0 Å². The second-order valence-electron chi connectivity index (χ2n) is 4.44. The van der Waals surface area contributed by atoms with E-state index in [2.05, 4.69) is 33.3 Å². The van der Waals surface area contributed by atoms with Crippen LogP contribution >= 0.6 is 11.8 Å². The molecule has 17 heavy (non-hydrogen) atoms. The minimum absolute atomic E-state index is 0.235. The summed E-state index contributed by atoms with van der Waals surface area (Å²) in [6.07, 6.45) is 2.40. The molecule has 1 aliphatic rings. The summed E-state index contributed by atoms with van der Waals surface area (Å²) in [5, 5.41) is 9.23. The van der Waals surface area contributed by atoms with Crippen LogP contribution in [0, 0.1) is 0 Å². The van der Waals surface area contributed by atoms with Crippen molar-refractivity contribution in [3.05, 3.63) is 5.82 Å². The summed E-state index contributed by atoms with van der Waals surface area (Å²) >= 11 is 1.39. The molecule has 0 spiro atoms. The molecule has 0 bridgehead atoms. The molecule has 2 rings (SSSR count). The average molecular weight is 255 g/mol. The fourth-order valence-corrected chi connectivity index (χ4v) is 2.58. The first-order chi connectivity index (χ1) is 8.13. The maximum atomic E-state index is 11.1. The van der Waals surface area contributed by atoms with Crippen LogP contribution in [0.3, 0.4) is 0 Å². The SMILES string of the molecule is COC(=O)CSc1nnc(C2CC2)n1C(C)C. The van der Waals surface area contributed by atoms with Gasteiger partial charge in [0.1, 0.15) is 5.82 Å². The lowest BCUT2D eigenvalue weighted by Crippen LogP contribution is -2.09. The quantitative estimate of drug-likeness (QED) is 0.595. The van der Waals surface area contributed by atoms with Crippen LogP contribution in [0.4, 0.5) is 0 Å². The van der Waals surface area contributed by atoms with Gasteiger partial charge in [0.15, 0.2) is 5.16 Å². The Labute approximate surface area is 105 Å². The van der Waals surface area contributed by atoms with Crippen molar-refractivity contribution in [2.45, 2.75) is 43.8 Å². The Kier molecular flexibility index (Phi) is 3.71. The Morgan fingerprint density at radius 1 is 1.53 bits per heavy atom. The third-order valence-corrected chi connectivity index (χ3v) is 3.61. The maximum Gasteiger partial charge on any atom is 0.316 e. The molecule has 0 saturated heterocycles. The normalized spacial score (nSPS) is 15.3. The van der Waals surface area contributed by atoms with E-state index in [0.29, 0.717) is 12.0 Å². The highest BCUT2D eigenvalue weighted by Gasteiger charge is 2.31. The van der Waals surface area contributed by atoms with Gasteiger partial charge in [0.05, 0.1) is 12.9 Å². The Hall–Kier alpha value is -1.04. The number of hydrogen-bond donors (Lipinski definition) is 0. The molecule has 1 aromatic heterocycles. The molecule has 1 aromatic rings. The van der Waals surface area contributed by atoms with Gasteiger partial charge in [-0.3, -0.25) is 4.79 Å². The van der Waals surface area contributed by atoms with Gasteiger partial charge in [-0.2, -0.15) is 0 Å². The zero-order chi connectivity index (χ0) is 12.4.